The molecule has 6 heteroatoms. The Morgan fingerprint density at radius 3 is 2.41 bits per heavy atom. The van der Waals surface area contributed by atoms with Gasteiger partial charge in [0.2, 0.25) is 11.7 Å². The summed E-state index contributed by atoms with van der Waals surface area (Å²) in [6, 6.07) is 3.95. The highest BCUT2D eigenvalue weighted by Gasteiger charge is 2.35. The summed E-state index contributed by atoms with van der Waals surface area (Å²) >= 11 is 1.75. The molecule has 1 aliphatic heterocycles. The maximum absolute atomic E-state index is 12.4. The van der Waals surface area contributed by atoms with Crippen molar-refractivity contribution in [2.75, 3.05) is 26.6 Å². The summed E-state index contributed by atoms with van der Waals surface area (Å²) in [7, 11) is 4.84. The Hall–Kier alpha value is -2.21. The Morgan fingerprint density at radius 2 is 1.78 bits per heavy atom. The van der Waals surface area contributed by atoms with E-state index in [0.717, 1.165) is 23.4 Å². The second-order valence-corrected chi connectivity index (χ2v) is 8.46. The van der Waals surface area contributed by atoms with Crippen molar-refractivity contribution in [1.29, 1.82) is 0 Å². The minimum absolute atomic E-state index is 0.0101. The van der Waals surface area contributed by atoms with Crippen molar-refractivity contribution in [3.63, 3.8) is 0 Å². The molecule has 2 atom stereocenters. The highest BCUT2D eigenvalue weighted by Crippen LogP contribution is 2.50. The van der Waals surface area contributed by atoms with E-state index < -0.39 is 0 Å². The zero-order valence-electron chi connectivity index (χ0n) is 16.2. The lowest BCUT2D eigenvalue weighted by molar-refractivity contribution is -0.116. The Morgan fingerprint density at radius 1 is 1.07 bits per heavy atom. The largest absolute Gasteiger partial charge is 0.493 e. The maximum Gasteiger partial charge on any atom is 0.225 e. The van der Waals surface area contributed by atoms with Gasteiger partial charge in [-0.1, -0.05) is 6.92 Å². The standard InChI is InChI=1S/C21H25NO4S/c1-11-5-6-13-17(7-11)27-21-19(13)14(10-18(23)22-21)12-8-15(24-2)20(26-4)16(9-12)25-3/h8-9,11,14H,5-7,10H2,1-4H3,(H,22,23)/t11-,14+/m0/s1. The molecular weight excluding hydrogens is 362 g/mol. The average molecular weight is 388 g/mol. The van der Waals surface area contributed by atoms with Gasteiger partial charge < -0.3 is 19.5 Å². The van der Waals surface area contributed by atoms with Gasteiger partial charge in [0.1, 0.15) is 0 Å². The van der Waals surface area contributed by atoms with Crippen LogP contribution in [0, 0.1) is 5.92 Å². The lowest BCUT2D eigenvalue weighted by Gasteiger charge is -2.27. The van der Waals surface area contributed by atoms with Gasteiger partial charge in [0.05, 0.1) is 26.3 Å². The average Bonchev–Trinajstić information content (AvgIpc) is 3.02. The van der Waals surface area contributed by atoms with E-state index in [4.69, 9.17) is 14.2 Å². The van der Waals surface area contributed by atoms with Crippen LogP contribution in [0.1, 0.15) is 47.3 Å². The fraction of sp³-hybridized carbons (Fsp3) is 0.476. The van der Waals surface area contributed by atoms with Crippen LogP contribution in [0.15, 0.2) is 12.1 Å². The van der Waals surface area contributed by atoms with Gasteiger partial charge in [-0.05, 0) is 54.0 Å². The van der Waals surface area contributed by atoms with Crippen molar-refractivity contribution in [2.24, 2.45) is 5.92 Å². The monoisotopic (exact) mass is 387 g/mol. The molecule has 27 heavy (non-hydrogen) atoms. The Kier molecular flexibility index (Phi) is 4.76. The van der Waals surface area contributed by atoms with E-state index in [2.05, 4.69) is 12.2 Å². The van der Waals surface area contributed by atoms with Crippen LogP contribution in [-0.2, 0) is 17.6 Å². The minimum Gasteiger partial charge on any atom is -0.493 e. The quantitative estimate of drug-likeness (QED) is 0.846. The number of ether oxygens (including phenoxy) is 3. The van der Waals surface area contributed by atoms with Gasteiger partial charge in [0.15, 0.2) is 11.5 Å². The molecule has 2 heterocycles. The molecule has 1 aromatic carbocycles. The molecule has 0 saturated carbocycles. The number of carbonyl (C=O) groups excluding carboxylic acids is 1. The molecule has 0 spiro atoms. The van der Waals surface area contributed by atoms with E-state index in [1.54, 1.807) is 32.7 Å². The lowest BCUT2D eigenvalue weighted by atomic mass is 9.80. The van der Waals surface area contributed by atoms with Crippen LogP contribution in [0.2, 0.25) is 0 Å². The van der Waals surface area contributed by atoms with Crippen LogP contribution < -0.4 is 19.5 Å². The smallest absolute Gasteiger partial charge is 0.225 e. The van der Waals surface area contributed by atoms with Crippen LogP contribution in [-0.4, -0.2) is 27.2 Å². The summed E-state index contributed by atoms with van der Waals surface area (Å²) in [5, 5.41) is 4.12. The summed E-state index contributed by atoms with van der Waals surface area (Å²) in [6.45, 7) is 2.30. The molecule has 5 nitrogen and oxygen atoms in total. The van der Waals surface area contributed by atoms with Gasteiger partial charge in [-0.3, -0.25) is 4.79 Å². The van der Waals surface area contributed by atoms with Crippen LogP contribution in [0.3, 0.4) is 0 Å². The number of anilines is 1. The molecule has 0 bridgehead atoms. The number of benzene rings is 1. The highest BCUT2D eigenvalue weighted by atomic mass is 32.1. The molecule has 0 fully saturated rings. The first kappa shape index (κ1) is 18.2. The van der Waals surface area contributed by atoms with E-state index in [1.165, 1.54) is 22.4 Å². The molecule has 0 unspecified atom stereocenters. The number of fused-ring (bicyclic) bond motifs is 3. The number of methoxy groups -OCH3 is 3. The number of hydrogen-bond donors (Lipinski definition) is 1. The molecule has 1 amide bonds. The van der Waals surface area contributed by atoms with E-state index in [0.29, 0.717) is 29.6 Å². The number of rotatable bonds is 4. The zero-order valence-corrected chi connectivity index (χ0v) is 17.0. The number of hydrogen-bond acceptors (Lipinski definition) is 5. The number of amides is 1. The number of nitrogens with one attached hydrogen (secondary N) is 1. The molecular formula is C21H25NO4S. The SMILES string of the molecule is COc1cc([C@H]2CC(=O)Nc3sc4c(c32)CC[C@H](C)C4)cc(OC)c1OC. The molecule has 144 valence electrons. The van der Waals surface area contributed by atoms with Gasteiger partial charge in [0, 0.05) is 17.2 Å². The molecule has 1 N–H and O–H groups in total. The number of carbonyl (C=O) groups is 1. The summed E-state index contributed by atoms with van der Waals surface area (Å²) in [5.74, 6) is 2.59. The van der Waals surface area contributed by atoms with E-state index in [9.17, 15) is 4.79 Å². The summed E-state index contributed by atoms with van der Waals surface area (Å²) in [6.07, 6.45) is 3.82. The first-order valence-electron chi connectivity index (χ1n) is 9.29. The predicted octanol–water partition coefficient (Wildman–Crippen LogP) is 4.37. The highest BCUT2D eigenvalue weighted by molar-refractivity contribution is 7.16. The summed E-state index contributed by atoms with van der Waals surface area (Å²) in [4.78, 5) is 13.9. The molecule has 1 aromatic heterocycles. The third-order valence-corrected chi connectivity index (χ3v) is 6.82. The first-order valence-corrected chi connectivity index (χ1v) is 10.1. The second kappa shape index (κ2) is 7.08. The third kappa shape index (κ3) is 3.06. The molecule has 0 saturated heterocycles. The maximum atomic E-state index is 12.4. The predicted molar refractivity (Wildman–Crippen MR) is 107 cm³/mol. The van der Waals surface area contributed by atoms with Crippen LogP contribution in [0.4, 0.5) is 5.00 Å². The van der Waals surface area contributed by atoms with Crippen molar-refractivity contribution in [2.45, 2.75) is 38.5 Å². The van der Waals surface area contributed by atoms with Gasteiger partial charge in [-0.25, -0.2) is 0 Å². The van der Waals surface area contributed by atoms with Gasteiger partial charge in [-0.2, -0.15) is 0 Å². The van der Waals surface area contributed by atoms with Gasteiger partial charge in [-0.15, -0.1) is 11.3 Å². The Balaban J connectivity index is 1.85. The zero-order chi connectivity index (χ0) is 19.1. The van der Waals surface area contributed by atoms with Crippen LogP contribution in [0.5, 0.6) is 17.2 Å². The number of thiophene rings is 1. The van der Waals surface area contributed by atoms with Crippen molar-refractivity contribution in [3.8, 4) is 17.2 Å². The van der Waals surface area contributed by atoms with Crippen LogP contribution >= 0.6 is 11.3 Å². The van der Waals surface area contributed by atoms with E-state index in [1.807, 2.05) is 12.1 Å². The van der Waals surface area contributed by atoms with Crippen molar-refractivity contribution in [3.05, 3.63) is 33.7 Å². The summed E-state index contributed by atoms with van der Waals surface area (Å²) < 4.78 is 16.5. The Labute approximate surface area is 163 Å². The van der Waals surface area contributed by atoms with Gasteiger partial charge >= 0.3 is 0 Å². The summed E-state index contributed by atoms with van der Waals surface area (Å²) in [5.41, 5.74) is 3.75. The van der Waals surface area contributed by atoms with Crippen molar-refractivity contribution < 1.29 is 19.0 Å². The van der Waals surface area contributed by atoms with Crippen LogP contribution in [0.25, 0.3) is 0 Å². The molecule has 0 radical (unpaired) electrons. The topological polar surface area (TPSA) is 56.8 Å². The van der Waals surface area contributed by atoms with Crippen molar-refractivity contribution in [1.82, 2.24) is 0 Å². The van der Waals surface area contributed by atoms with Crippen molar-refractivity contribution >= 4 is 22.2 Å². The molecule has 2 aliphatic rings. The molecule has 1 aliphatic carbocycles. The second-order valence-electron chi connectivity index (χ2n) is 7.36. The minimum atomic E-state index is 0.0101. The lowest BCUT2D eigenvalue weighted by Crippen LogP contribution is -2.23. The Bertz CT molecular complexity index is 864. The third-order valence-electron chi connectivity index (χ3n) is 5.63. The van der Waals surface area contributed by atoms with E-state index >= 15 is 0 Å². The van der Waals surface area contributed by atoms with E-state index in [-0.39, 0.29) is 11.8 Å². The fourth-order valence-corrected chi connectivity index (χ4v) is 5.78. The van der Waals surface area contributed by atoms with Gasteiger partial charge in [0.25, 0.3) is 0 Å². The molecule has 2 aromatic rings. The first-order chi connectivity index (χ1) is 13.0. The fourth-order valence-electron chi connectivity index (χ4n) is 4.29. The molecule has 4 rings (SSSR count). The normalized spacial score (nSPS) is 21.1.